The minimum atomic E-state index is -0.0719. The molecule has 1 N–H and O–H groups in total. The Labute approximate surface area is 146 Å². The van der Waals surface area contributed by atoms with Crippen LogP contribution in [0.15, 0.2) is 24.8 Å². The van der Waals surface area contributed by atoms with Crippen LogP contribution < -0.4 is 10.2 Å². The van der Waals surface area contributed by atoms with Crippen molar-refractivity contribution in [3.05, 3.63) is 36.0 Å². The van der Waals surface area contributed by atoms with Gasteiger partial charge in [0.2, 0.25) is 5.95 Å². The molecule has 25 heavy (non-hydrogen) atoms. The molecule has 0 radical (unpaired) electrons. The standard InChI is InChI=1S/C18H22N6O/c1-2-13(1)7-20-17-21-8-14-9-25-11-18(16(14)23-17)4-6-24(10-18)15-3-5-19-12-22-15/h3,5,8,12-13H,1-2,4,6-7,9-11H2,(H,20,21,23)/t18-/m1/s1. The Morgan fingerprint density at radius 1 is 1.32 bits per heavy atom. The number of anilines is 2. The van der Waals surface area contributed by atoms with Crippen molar-refractivity contribution in [2.24, 2.45) is 5.92 Å². The van der Waals surface area contributed by atoms with E-state index in [0.717, 1.165) is 55.0 Å². The largest absolute Gasteiger partial charge is 0.376 e. The van der Waals surface area contributed by atoms with E-state index in [9.17, 15) is 0 Å². The Kier molecular flexibility index (Phi) is 3.55. The Hall–Kier alpha value is -2.28. The van der Waals surface area contributed by atoms with Crippen molar-refractivity contribution in [2.75, 3.05) is 36.5 Å². The van der Waals surface area contributed by atoms with Crippen LogP contribution in [0.3, 0.4) is 0 Å². The summed E-state index contributed by atoms with van der Waals surface area (Å²) in [4.78, 5) is 20.1. The molecule has 0 amide bonds. The summed E-state index contributed by atoms with van der Waals surface area (Å²) in [6, 6.07) is 1.96. The Bertz CT molecular complexity index is 765. The van der Waals surface area contributed by atoms with Gasteiger partial charge >= 0.3 is 0 Å². The minimum absolute atomic E-state index is 0.0719. The lowest BCUT2D eigenvalue weighted by molar-refractivity contribution is 0.0557. The molecule has 0 unspecified atom stereocenters. The molecule has 0 aromatic carbocycles. The summed E-state index contributed by atoms with van der Waals surface area (Å²) in [6.45, 7) is 4.12. The third-order valence-corrected chi connectivity index (χ3v) is 5.49. The van der Waals surface area contributed by atoms with Gasteiger partial charge in [-0.25, -0.2) is 19.9 Å². The molecule has 0 bridgehead atoms. The zero-order valence-electron chi connectivity index (χ0n) is 14.2. The van der Waals surface area contributed by atoms with Crippen LogP contribution in [0, 0.1) is 5.92 Å². The first-order valence-electron chi connectivity index (χ1n) is 9.01. The summed E-state index contributed by atoms with van der Waals surface area (Å²) in [5.41, 5.74) is 2.20. The van der Waals surface area contributed by atoms with Crippen LogP contribution in [-0.4, -0.2) is 46.2 Å². The second kappa shape index (κ2) is 5.91. The van der Waals surface area contributed by atoms with Gasteiger partial charge in [-0.1, -0.05) is 0 Å². The molecule has 1 aliphatic carbocycles. The van der Waals surface area contributed by atoms with Gasteiger partial charge in [0.1, 0.15) is 12.1 Å². The summed E-state index contributed by atoms with van der Waals surface area (Å²) < 4.78 is 5.91. The molecule has 2 aromatic rings. The fourth-order valence-electron chi connectivity index (χ4n) is 3.89. The molecule has 2 fully saturated rings. The van der Waals surface area contributed by atoms with E-state index in [1.807, 2.05) is 12.3 Å². The van der Waals surface area contributed by atoms with Gasteiger partial charge in [-0.15, -0.1) is 0 Å². The zero-order chi connectivity index (χ0) is 16.7. The van der Waals surface area contributed by atoms with E-state index < -0.39 is 0 Å². The highest BCUT2D eigenvalue weighted by Crippen LogP contribution is 2.40. The third kappa shape index (κ3) is 2.82. The summed E-state index contributed by atoms with van der Waals surface area (Å²) >= 11 is 0. The summed E-state index contributed by atoms with van der Waals surface area (Å²) in [7, 11) is 0. The number of fused-ring (bicyclic) bond motifs is 2. The van der Waals surface area contributed by atoms with E-state index in [2.05, 4.69) is 25.2 Å². The maximum absolute atomic E-state index is 5.91. The number of aromatic nitrogens is 4. The Balaban J connectivity index is 1.42. The number of hydrogen-bond acceptors (Lipinski definition) is 7. The van der Waals surface area contributed by atoms with Crippen LogP contribution in [0.5, 0.6) is 0 Å². The molecule has 1 saturated carbocycles. The highest BCUT2D eigenvalue weighted by atomic mass is 16.5. The van der Waals surface area contributed by atoms with Crippen LogP contribution in [0.25, 0.3) is 0 Å². The summed E-state index contributed by atoms with van der Waals surface area (Å²) in [5.74, 6) is 2.53. The monoisotopic (exact) mass is 338 g/mol. The smallest absolute Gasteiger partial charge is 0.222 e. The molecular weight excluding hydrogens is 316 g/mol. The fraction of sp³-hybridized carbons (Fsp3) is 0.556. The van der Waals surface area contributed by atoms with Gasteiger partial charge in [0.25, 0.3) is 0 Å². The molecule has 4 heterocycles. The first-order valence-corrected chi connectivity index (χ1v) is 9.01. The van der Waals surface area contributed by atoms with Crippen molar-refractivity contribution >= 4 is 11.8 Å². The average Bonchev–Trinajstić information content (AvgIpc) is 3.40. The van der Waals surface area contributed by atoms with Crippen LogP contribution in [0.4, 0.5) is 11.8 Å². The average molecular weight is 338 g/mol. The Morgan fingerprint density at radius 3 is 3.12 bits per heavy atom. The molecule has 130 valence electrons. The van der Waals surface area contributed by atoms with Gasteiger partial charge < -0.3 is 15.0 Å². The van der Waals surface area contributed by atoms with E-state index in [1.54, 1.807) is 12.5 Å². The predicted octanol–water partition coefficient (Wildman–Crippen LogP) is 1.77. The predicted molar refractivity (Wildman–Crippen MR) is 93.4 cm³/mol. The number of hydrogen-bond donors (Lipinski definition) is 1. The fourth-order valence-corrected chi connectivity index (χ4v) is 3.89. The minimum Gasteiger partial charge on any atom is -0.376 e. The first kappa shape index (κ1) is 15.0. The van der Waals surface area contributed by atoms with Gasteiger partial charge in [0, 0.05) is 37.6 Å². The highest BCUT2D eigenvalue weighted by molar-refractivity contribution is 5.44. The lowest BCUT2D eigenvalue weighted by Gasteiger charge is -2.34. The van der Waals surface area contributed by atoms with E-state index in [-0.39, 0.29) is 5.41 Å². The van der Waals surface area contributed by atoms with Crippen molar-refractivity contribution in [1.29, 1.82) is 0 Å². The number of rotatable bonds is 4. The highest BCUT2D eigenvalue weighted by Gasteiger charge is 2.45. The van der Waals surface area contributed by atoms with Gasteiger partial charge in [0.15, 0.2) is 0 Å². The quantitative estimate of drug-likeness (QED) is 0.910. The van der Waals surface area contributed by atoms with Crippen LogP contribution >= 0.6 is 0 Å². The topological polar surface area (TPSA) is 76.1 Å². The normalized spacial score (nSPS) is 25.2. The molecular formula is C18H22N6O. The summed E-state index contributed by atoms with van der Waals surface area (Å²) in [6.07, 6.45) is 9.00. The second-order valence-corrected chi connectivity index (χ2v) is 7.40. The van der Waals surface area contributed by atoms with Crippen LogP contribution in [0.1, 0.15) is 30.5 Å². The molecule has 2 aliphatic heterocycles. The lowest BCUT2D eigenvalue weighted by atomic mass is 9.80. The van der Waals surface area contributed by atoms with Crippen molar-refractivity contribution < 1.29 is 4.74 Å². The van der Waals surface area contributed by atoms with E-state index >= 15 is 0 Å². The van der Waals surface area contributed by atoms with Gasteiger partial charge in [0.05, 0.1) is 24.3 Å². The molecule has 1 atom stereocenters. The molecule has 3 aliphatic rings. The van der Waals surface area contributed by atoms with Crippen molar-refractivity contribution in [3.63, 3.8) is 0 Å². The van der Waals surface area contributed by atoms with Crippen LogP contribution in [-0.2, 0) is 16.8 Å². The maximum Gasteiger partial charge on any atom is 0.222 e. The SMILES string of the molecule is c1cc(N2CC[C@]3(COCc4cnc(NCC5CC5)nc43)C2)ncn1. The molecule has 7 heteroatoms. The van der Waals surface area contributed by atoms with Crippen molar-refractivity contribution in [1.82, 2.24) is 19.9 Å². The zero-order valence-corrected chi connectivity index (χ0v) is 14.2. The molecule has 1 saturated heterocycles. The van der Waals surface area contributed by atoms with E-state index in [1.165, 1.54) is 12.8 Å². The number of ether oxygens (including phenoxy) is 1. The molecule has 2 aromatic heterocycles. The molecule has 1 spiro atoms. The van der Waals surface area contributed by atoms with Gasteiger partial charge in [-0.05, 0) is 31.2 Å². The van der Waals surface area contributed by atoms with Gasteiger partial charge in [-0.2, -0.15) is 0 Å². The second-order valence-electron chi connectivity index (χ2n) is 7.40. The first-order chi connectivity index (χ1) is 12.3. The van der Waals surface area contributed by atoms with E-state index in [0.29, 0.717) is 13.2 Å². The molecule has 5 rings (SSSR count). The Morgan fingerprint density at radius 2 is 2.28 bits per heavy atom. The lowest BCUT2D eigenvalue weighted by Crippen LogP contribution is -2.40. The number of nitrogens with one attached hydrogen (secondary N) is 1. The van der Waals surface area contributed by atoms with Crippen LogP contribution in [0.2, 0.25) is 0 Å². The van der Waals surface area contributed by atoms with Crippen molar-refractivity contribution in [3.8, 4) is 0 Å². The number of nitrogens with zero attached hydrogens (tertiary/aromatic N) is 5. The maximum atomic E-state index is 5.91. The van der Waals surface area contributed by atoms with Crippen molar-refractivity contribution in [2.45, 2.75) is 31.3 Å². The molecule has 7 nitrogen and oxygen atoms in total. The third-order valence-electron chi connectivity index (χ3n) is 5.49. The summed E-state index contributed by atoms with van der Waals surface area (Å²) in [5, 5.41) is 3.41. The van der Waals surface area contributed by atoms with E-state index in [4.69, 9.17) is 9.72 Å². The van der Waals surface area contributed by atoms with Gasteiger partial charge in [-0.3, -0.25) is 0 Å².